The number of piperazine rings is 1. The first kappa shape index (κ1) is 26.0. The van der Waals surface area contributed by atoms with Gasteiger partial charge in [-0.25, -0.2) is 13.2 Å². The first-order chi connectivity index (χ1) is 17.7. The number of rotatable bonds is 7. The highest BCUT2D eigenvalue weighted by Gasteiger charge is 2.27. The van der Waals surface area contributed by atoms with Crippen LogP contribution in [-0.2, 0) is 11.3 Å². The minimum atomic E-state index is -1.01. The van der Waals surface area contributed by atoms with Crippen molar-refractivity contribution >= 4 is 34.4 Å². The second kappa shape index (κ2) is 10.9. The van der Waals surface area contributed by atoms with Gasteiger partial charge in [0.25, 0.3) is 0 Å². The number of hydrogen-bond donors (Lipinski definition) is 0. The van der Waals surface area contributed by atoms with Crippen LogP contribution in [0.3, 0.4) is 0 Å². The van der Waals surface area contributed by atoms with Crippen molar-refractivity contribution in [2.75, 3.05) is 44.9 Å². The molecule has 1 aliphatic heterocycles. The van der Waals surface area contributed by atoms with E-state index >= 15 is 8.78 Å². The van der Waals surface area contributed by atoms with E-state index in [1.165, 1.54) is 31.1 Å². The molecule has 0 atom stereocenters. The van der Waals surface area contributed by atoms with Crippen LogP contribution in [-0.4, -0.2) is 61.1 Å². The Morgan fingerprint density at radius 2 is 1.76 bits per heavy atom. The molecule has 1 amide bonds. The van der Waals surface area contributed by atoms with Gasteiger partial charge in [0.05, 0.1) is 30.1 Å². The molecule has 1 aromatic heterocycles. The second-order valence-electron chi connectivity index (χ2n) is 8.64. The van der Waals surface area contributed by atoms with E-state index in [2.05, 4.69) is 0 Å². The maximum atomic E-state index is 15.7. The van der Waals surface area contributed by atoms with Crippen LogP contribution >= 0.6 is 0 Å². The van der Waals surface area contributed by atoms with Gasteiger partial charge in [0.2, 0.25) is 11.3 Å². The fraction of sp³-hybridized carbons (Fsp3) is 0.296. The lowest BCUT2D eigenvalue weighted by molar-refractivity contribution is -0.129. The largest absolute Gasteiger partial charge is 0.497 e. The lowest BCUT2D eigenvalue weighted by Crippen LogP contribution is -2.48. The van der Waals surface area contributed by atoms with Gasteiger partial charge in [-0.05, 0) is 29.8 Å². The summed E-state index contributed by atoms with van der Waals surface area (Å²) in [5.74, 6) is -2.15. The summed E-state index contributed by atoms with van der Waals surface area (Å²) in [6.45, 7) is 1.16. The Kier molecular flexibility index (Phi) is 7.66. The predicted molar refractivity (Wildman–Crippen MR) is 135 cm³/mol. The van der Waals surface area contributed by atoms with E-state index in [1.54, 1.807) is 29.2 Å². The molecule has 0 radical (unpaired) electrons. The van der Waals surface area contributed by atoms with Crippen LogP contribution in [0.2, 0.25) is 0 Å². The number of ketones is 1. The van der Waals surface area contributed by atoms with Crippen LogP contribution in [0.5, 0.6) is 5.75 Å². The maximum absolute atomic E-state index is 15.7. The van der Waals surface area contributed by atoms with Crippen molar-refractivity contribution in [2.45, 2.75) is 13.5 Å². The van der Waals surface area contributed by atoms with Gasteiger partial charge in [0.15, 0.2) is 11.6 Å². The van der Waals surface area contributed by atoms with Crippen LogP contribution in [0.25, 0.3) is 17.0 Å². The number of carbonyl (C=O) groups is 2. The van der Waals surface area contributed by atoms with Crippen molar-refractivity contribution < 1.29 is 27.5 Å². The average molecular weight is 514 g/mol. The monoisotopic (exact) mass is 513 g/mol. The quantitative estimate of drug-likeness (QED) is 0.355. The van der Waals surface area contributed by atoms with Gasteiger partial charge in [-0.2, -0.15) is 0 Å². The average Bonchev–Trinajstić information content (AvgIpc) is 2.89. The number of alkyl halides is 1. The topological polar surface area (TPSA) is 71.8 Å². The Balaban J connectivity index is 1.74. The number of halogens is 3. The lowest BCUT2D eigenvalue weighted by Gasteiger charge is -2.36. The molecule has 0 unspecified atom stereocenters. The van der Waals surface area contributed by atoms with E-state index < -0.39 is 29.5 Å². The molecule has 37 heavy (non-hydrogen) atoms. The summed E-state index contributed by atoms with van der Waals surface area (Å²) in [5, 5.41) is -0.349. The minimum absolute atomic E-state index is 0.130. The van der Waals surface area contributed by atoms with Gasteiger partial charge in [-0.3, -0.25) is 14.4 Å². The number of ether oxygens (including phenoxy) is 1. The summed E-state index contributed by atoms with van der Waals surface area (Å²) in [5.41, 5.74) is -1.12. The van der Waals surface area contributed by atoms with Gasteiger partial charge in [-0.1, -0.05) is 18.2 Å². The Hall–Kier alpha value is -4.08. The molecule has 4 rings (SSSR count). The van der Waals surface area contributed by atoms with Gasteiger partial charge < -0.3 is 19.1 Å². The van der Waals surface area contributed by atoms with Gasteiger partial charge in [-0.15, -0.1) is 0 Å². The molecule has 1 aliphatic rings. The third-order valence-electron chi connectivity index (χ3n) is 6.40. The first-order valence-corrected chi connectivity index (χ1v) is 11.7. The second-order valence-corrected chi connectivity index (χ2v) is 8.64. The fourth-order valence-electron chi connectivity index (χ4n) is 4.43. The van der Waals surface area contributed by atoms with Crippen molar-refractivity contribution in [1.82, 2.24) is 9.47 Å². The molecule has 0 aliphatic carbocycles. The number of carbonyl (C=O) groups excluding carboxylic acids is 2. The standard InChI is InChI=1S/C27H26F3N3O4/c1-17(34)31-11-13-32(14-12-31)26-22(29)15-20-25(24(26)30)33(10-9-28)16-21(27(20)36)23(35)8-5-18-3-6-19(37-2)7-4-18/h3-8,15-16H,9-14H2,1-2H3/b8-5+. The van der Waals surface area contributed by atoms with Crippen LogP contribution in [0.15, 0.2) is 47.4 Å². The molecule has 0 saturated carbocycles. The normalized spacial score (nSPS) is 14.0. The number of pyridine rings is 1. The zero-order chi connectivity index (χ0) is 26.7. The molecule has 0 bridgehead atoms. The zero-order valence-corrected chi connectivity index (χ0v) is 20.5. The molecule has 1 saturated heterocycles. The number of nitrogens with zero attached hydrogens (tertiary/aromatic N) is 3. The SMILES string of the molecule is COc1ccc(/C=C/C(=O)c2cn(CCF)c3c(F)c(N4CCN(C(C)=O)CC4)c(F)cc3c2=O)cc1. The Morgan fingerprint density at radius 3 is 2.35 bits per heavy atom. The zero-order valence-electron chi connectivity index (χ0n) is 20.5. The molecule has 194 valence electrons. The summed E-state index contributed by atoms with van der Waals surface area (Å²) in [6.07, 6.45) is 3.79. The van der Waals surface area contributed by atoms with E-state index in [9.17, 15) is 18.8 Å². The van der Waals surface area contributed by atoms with Crippen molar-refractivity contribution in [3.8, 4) is 5.75 Å². The highest BCUT2D eigenvalue weighted by molar-refractivity contribution is 6.08. The summed E-state index contributed by atoms with van der Waals surface area (Å²) >= 11 is 0. The molecule has 10 heteroatoms. The van der Waals surface area contributed by atoms with Gasteiger partial charge >= 0.3 is 0 Å². The highest BCUT2D eigenvalue weighted by atomic mass is 19.1. The third kappa shape index (κ3) is 5.23. The molecular formula is C27H26F3N3O4. The van der Waals surface area contributed by atoms with E-state index in [-0.39, 0.29) is 60.8 Å². The van der Waals surface area contributed by atoms with Crippen LogP contribution in [0.1, 0.15) is 22.8 Å². The molecule has 0 spiro atoms. The van der Waals surface area contributed by atoms with Crippen molar-refractivity contribution in [3.63, 3.8) is 0 Å². The number of aryl methyl sites for hydroxylation is 1. The van der Waals surface area contributed by atoms with E-state index in [4.69, 9.17) is 4.74 Å². The fourth-order valence-corrected chi connectivity index (χ4v) is 4.43. The molecule has 7 nitrogen and oxygen atoms in total. The molecule has 2 aromatic carbocycles. The Morgan fingerprint density at radius 1 is 1.08 bits per heavy atom. The number of aromatic nitrogens is 1. The number of anilines is 1. The highest BCUT2D eigenvalue weighted by Crippen LogP contribution is 2.31. The molecular weight excluding hydrogens is 487 g/mol. The summed E-state index contributed by atoms with van der Waals surface area (Å²) in [7, 11) is 1.53. The number of amides is 1. The van der Waals surface area contributed by atoms with Crippen LogP contribution in [0, 0.1) is 11.6 Å². The van der Waals surface area contributed by atoms with Crippen LogP contribution < -0.4 is 15.1 Å². The first-order valence-electron chi connectivity index (χ1n) is 11.7. The van der Waals surface area contributed by atoms with Gasteiger partial charge in [0.1, 0.15) is 23.9 Å². The van der Waals surface area contributed by atoms with Crippen molar-refractivity contribution in [1.29, 1.82) is 0 Å². The number of allylic oxidation sites excluding steroid dienone is 1. The lowest BCUT2D eigenvalue weighted by atomic mass is 10.0. The molecule has 3 aromatic rings. The van der Waals surface area contributed by atoms with E-state index in [1.807, 2.05) is 0 Å². The smallest absolute Gasteiger partial charge is 0.219 e. The van der Waals surface area contributed by atoms with Crippen molar-refractivity contribution in [3.05, 3.63) is 75.6 Å². The minimum Gasteiger partial charge on any atom is -0.497 e. The Labute approximate surface area is 211 Å². The maximum Gasteiger partial charge on any atom is 0.219 e. The molecule has 0 N–H and O–H groups in total. The number of fused-ring (bicyclic) bond motifs is 1. The number of methoxy groups -OCH3 is 1. The number of hydrogen-bond acceptors (Lipinski definition) is 5. The molecule has 2 heterocycles. The summed E-state index contributed by atoms with van der Waals surface area (Å²) in [6, 6.07) is 7.74. The summed E-state index contributed by atoms with van der Waals surface area (Å²) in [4.78, 5) is 40.7. The van der Waals surface area contributed by atoms with E-state index in [0.717, 1.165) is 16.8 Å². The van der Waals surface area contributed by atoms with Gasteiger partial charge in [0, 0.05) is 39.3 Å². The third-order valence-corrected chi connectivity index (χ3v) is 6.40. The van der Waals surface area contributed by atoms with Crippen molar-refractivity contribution in [2.24, 2.45) is 0 Å². The van der Waals surface area contributed by atoms with E-state index in [0.29, 0.717) is 11.3 Å². The van der Waals surface area contributed by atoms with Crippen LogP contribution in [0.4, 0.5) is 18.9 Å². The summed E-state index contributed by atoms with van der Waals surface area (Å²) < 4.78 is 50.6. The molecule has 1 fully saturated rings. The Bertz CT molecular complexity index is 1430. The predicted octanol–water partition coefficient (Wildman–Crippen LogP) is 3.82. The number of benzene rings is 2.